The zero-order valence-corrected chi connectivity index (χ0v) is 53.7. The molecule has 0 rings (SSSR count). The summed E-state index contributed by atoms with van der Waals surface area (Å²) in [4.78, 5) is 38.1. The van der Waals surface area contributed by atoms with Gasteiger partial charge in [-0.3, -0.25) is 14.4 Å². The summed E-state index contributed by atoms with van der Waals surface area (Å²) in [7, 11) is 0. The van der Waals surface area contributed by atoms with E-state index in [9.17, 15) is 14.4 Å². The first kappa shape index (κ1) is 77.8. The molecule has 0 amide bonds. The van der Waals surface area contributed by atoms with Crippen molar-refractivity contribution in [1.82, 2.24) is 0 Å². The van der Waals surface area contributed by atoms with Crippen molar-refractivity contribution in [2.75, 3.05) is 13.2 Å². The van der Waals surface area contributed by atoms with E-state index in [4.69, 9.17) is 14.2 Å². The molecule has 1 atom stereocenters. The zero-order valence-electron chi connectivity index (χ0n) is 53.7. The van der Waals surface area contributed by atoms with Gasteiger partial charge < -0.3 is 14.2 Å². The highest BCUT2D eigenvalue weighted by molar-refractivity contribution is 5.71. The number of carbonyl (C=O) groups is 3. The van der Waals surface area contributed by atoms with Gasteiger partial charge in [0.1, 0.15) is 13.2 Å². The van der Waals surface area contributed by atoms with Crippen molar-refractivity contribution in [2.24, 2.45) is 0 Å². The van der Waals surface area contributed by atoms with Crippen LogP contribution in [0.2, 0.25) is 0 Å². The van der Waals surface area contributed by atoms with E-state index < -0.39 is 6.10 Å². The molecule has 0 bridgehead atoms. The van der Waals surface area contributed by atoms with Crippen LogP contribution in [0, 0.1) is 0 Å². The third-order valence-corrected chi connectivity index (χ3v) is 14.7. The molecule has 0 spiro atoms. The summed E-state index contributed by atoms with van der Waals surface area (Å²) in [5.41, 5.74) is 0. The molecule has 6 heteroatoms. The Bertz CT molecular complexity index is 1690. The highest BCUT2D eigenvalue weighted by Crippen LogP contribution is 2.17. The lowest BCUT2D eigenvalue weighted by atomic mass is 10.0. The average Bonchev–Trinajstić information content (AvgIpc) is 3.47. The number of unbranched alkanes of at least 4 members (excludes halogenated alkanes) is 31. The minimum absolute atomic E-state index is 0.0775. The third kappa shape index (κ3) is 66.6. The Kier molecular flexibility index (Phi) is 65.8. The van der Waals surface area contributed by atoms with Gasteiger partial charge in [0.05, 0.1) is 0 Å². The molecule has 0 fully saturated rings. The van der Waals surface area contributed by atoms with Crippen molar-refractivity contribution in [1.29, 1.82) is 0 Å². The monoisotopic (exact) mass is 1140 g/mol. The van der Waals surface area contributed by atoms with E-state index >= 15 is 0 Å². The Morgan fingerprint density at radius 1 is 0.256 bits per heavy atom. The van der Waals surface area contributed by atoms with Crippen LogP contribution >= 0.6 is 0 Å². The molecule has 0 N–H and O–H groups in total. The Morgan fingerprint density at radius 2 is 0.476 bits per heavy atom. The van der Waals surface area contributed by atoms with Crippen LogP contribution in [-0.4, -0.2) is 37.2 Å². The molecule has 468 valence electrons. The van der Waals surface area contributed by atoms with Gasteiger partial charge in [-0.15, -0.1) is 0 Å². The van der Waals surface area contributed by atoms with Crippen molar-refractivity contribution in [2.45, 2.75) is 329 Å². The molecule has 0 aromatic heterocycles. The Hall–Kier alpha value is -4.19. The van der Waals surface area contributed by atoms with Gasteiger partial charge in [0.25, 0.3) is 0 Å². The average molecular weight is 1140 g/mol. The first-order chi connectivity index (χ1) is 40.5. The molecular weight excluding hydrogens is 1010 g/mol. The molecule has 1 unspecified atom stereocenters. The molecular formula is C76H128O6. The van der Waals surface area contributed by atoms with E-state index in [0.717, 1.165) is 122 Å². The van der Waals surface area contributed by atoms with Crippen molar-refractivity contribution in [3.05, 3.63) is 122 Å². The maximum Gasteiger partial charge on any atom is 0.306 e. The second-order valence-corrected chi connectivity index (χ2v) is 22.7. The van der Waals surface area contributed by atoms with Gasteiger partial charge in [0.15, 0.2) is 6.10 Å². The van der Waals surface area contributed by atoms with Crippen LogP contribution in [0.4, 0.5) is 0 Å². The summed E-state index contributed by atoms with van der Waals surface area (Å²) in [6.07, 6.45) is 96.9. The fraction of sp³-hybridized carbons (Fsp3) is 0.697. The van der Waals surface area contributed by atoms with Crippen LogP contribution in [0.15, 0.2) is 122 Å². The van der Waals surface area contributed by atoms with Crippen molar-refractivity contribution < 1.29 is 28.6 Å². The first-order valence-electron chi connectivity index (χ1n) is 34.5. The minimum atomic E-state index is -0.778. The second-order valence-electron chi connectivity index (χ2n) is 22.7. The first-order valence-corrected chi connectivity index (χ1v) is 34.5. The predicted octanol–water partition coefficient (Wildman–Crippen LogP) is 23.9. The number of allylic oxidation sites excluding steroid dienone is 20. The quantitative estimate of drug-likeness (QED) is 0.0261. The van der Waals surface area contributed by atoms with E-state index in [0.29, 0.717) is 19.3 Å². The van der Waals surface area contributed by atoms with Gasteiger partial charge in [-0.05, 0) is 109 Å². The summed E-state index contributed by atoms with van der Waals surface area (Å²) >= 11 is 0. The fourth-order valence-electron chi connectivity index (χ4n) is 9.62. The smallest absolute Gasteiger partial charge is 0.306 e. The number of hydrogen-bond acceptors (Lipinski definition) is 6. The highest BCUT2D eigenvalue weighted by atomic mass is 16.6. The van der Waals surface area contributed by atoms with E-state index in [1.54, 1.807) is 0 Å². The minimum Gasteiger partial charge on any atom is -0.462 e. The lowest BCUT2D eigenvalue weighted by molar-refractivity contribution is -0.167. The summed E-state index contributed by atoms with van der Waals surface area (Å²) in [5, 5.41) is 0. The van der Waals surface area contributed by atoms with Crippen molar-refractivity contribution >= 4 is 17.9 Å². The molecule has 0 aliphatic rings. The van der Waals surface area contributed by atoms with Crippen LogP contribution in [-0.2, 0) is 28.6 Å². The Balaban J connectivity index is 4.05. The van der Waals surface area contributed by atoms with Crippen LogP contribution in [0.3, 0.4) is 0 Å². The van der Waals surface area contributed by atoms with E-state index in [-0.39, 0.29) is 31.1 Å². The van der Waals surface area contributed by atoms with E-state index in [2.05, 4.69) is 142 Å². The second kappa shape index (κ2) is 69.3. The molecule has 82 heavy (non-hydrogen) atoms. The van der Waals surface area contributed by atoms with E-state index in [1.165, 1.54) is 161 Å². The lowest BCUT2D eigenvalue weighted by Crippen LogP contribution is -2.30. The lowest BCUT2D eigenvalue weighted by Gasteiger charge is -2.18. The largest absolute Gasteiger partial charge is 0.462 e. The molecule has 0 heterocycles. The molecule has 0 saturated carbocycles. The van der Waals surface area contributed by atoms with Gasteiger partial charge in [-0.2, -0.15) is 0 Å². The standard InChI is InChI=1S/C76H128O6/c1-4-7-10-13-16-18-20-22-24-26-28-30-32-34-36-38-40-42-44-46-48-50-52-54-56-58-60-63-66-69-75(78)81-72-73(71-80-74(77)68-65-62-15-12-9-6-3)82-76(79)70-67-64-61-59-57-55-53-51-49-47-45-43-41-39-37-35-33-31-29-27-25-23-21-19-17-14-11-8-5-2/h7-8,10-11,16-19,22-25,28-31,34-37,73H,4-6,9,12-15,20-21,26-27,32-33,38-72H2,1-3H3/b10-7-,11-8-,18-16-,19-17-,24-22-,25-23-,30-28-,31-29-,36-34-,37-35-. The normalized spacial score (nSPS) is 12.9. The van der Waals surface area contributed by atoms with Crippen LogP contribution in [0.5, 0.6) is 0 Å². The Labute approximate surface area is 507 Å². The SMILES string of the molecule is CC/C=C\C/C=C\C/C=C\C/C=C\C/C=C\CCCCCCCCCCCCCCCC(=O)OCC(COC(=O)CCCCCCCC)OC(=O)CCCCCCCCCCCCCCC/C=C\C/C=C\C/C=C\C/C=C\C/C=C\CC. The fourth-order valence-corrected chi connectivity index (χ4v) is 9.62. The maximum atomic E-state index is 12.9. The number of carbonyl (C=O) groups excluding carboxylic acids is 3. The predicted molar refractivity (Wildman–Crippen MR) is 357 cm³/mol. The molecule has 0 aromatic carbocycles. The van der Waals surface area contributed by atoms with Crippen molar-refractivity contribution in [3.8, 4) is 0 Å². The molecule has 0 radical (unpaired) electrons. The zero-order chi connectivity index (χ0) is 59.2. The van der Waals surface area contributed by atoms with Gasteiger partial charge in [-0.1, -0.05) is 316 Å². The van der Waals surface area contributed by atoms with Gasteiger partial charge in [0.2, 0.25) is 0 Å². The highest BCUT2D eigenvalue weighted by Gasteiger charge is 2.19. The molecule has 6 nitrogen and oxygen atoms in total. The summed E-state index contributed by atoms with van der Waals surface area (Å²) in [6.45, 7) is 6.38. The summed E-state index contributed by atoms with van der Waals surface area (Å²) < 4.78 is 16.9. The van der Waals surface area contributed by atoms with Gasteiger partial charge in [0, 0.05) is 19.3 Å². The molecule has 0 aliphatic heterocycles. The number of ether oxygens (including phenoxy) is 3. The topological polar surface area (TPSA) is 78.9 Å². The third-order valence-electron chi connectivity index (χ3n) is 14.7. The van der Waals surface area contributed by atoms with E-state index in [1.807, 2.05) is 0 Å². The van der Waals surface area contributed by atoms with Crippen LogP contribution < -0.4 is 0 Å². The van der Waals surface area contributed by atoms with Crippen LogP contribution in [0.1, 0.15) is 323 Å². The number of rotatable bonds is 62. The maximum absolute atomic E-state index is 12.9. The van der Waals surface area contributed by atoms with Gasteiger partial charge >= 0.3 is 17.9 Å². The van der Waals surface area contributed by atoms with Crippen LogP contribution in [0.25, 0.3) is 0 Å². The van der Waals surface area contributed by atoms with Gasteiger partial charge in [-0.25, -0.2) is 0 Å². The molecule has 0 aliphatic carbocycles. The number of esters is 3. The molecule has 0 saturated heterocycles. The van der Waals surface area contributed by atoms with Crippen molar-refractivity contribution in [3.63, 3.8) is 0 Å². The number of hydrogen-bond donors (Lipinski definition) is 0. The summed E-state index contributed by atoms with van der Waals surface area (Å²) in [6, 6.07) is 0. The Morgan fingerprint density at radius 3 is 0.744 bits per heavy atom. The molecule has 0 aromatic rings. The summed E-state index contributed by atoms with van der Waals surface area (Å²) in [5.74, 6) is -0.880.